The van der Waals surface area contributed by atoms with Crippen LogP contribution in [0.4, 0.5) is 0 Å². The fraction of sp³-hybridized carbons (Fsp3) is 0.545. The van der Waals surface area contributed by atoms with Crippen LogP contribution in [0.15, 0.2) is 12.3 Å². The van der Waals surface area contributed by atoms with Gasteiger partial charge in [0.25, 0.3) is 0 Å². The Morgan fingerprint density at radius 2 is 2.53 bits per heavy atom. The minimum absolute atomic E-state index is 0.303. The largest absolute Gasteiger partial charge is 0.387 e. The minimum Gasteiger partial charge on any atom is -0.387 e. The average Bonchev–Trinajstić information content (AvgIpc) is 2.38. The molecule has 1 aliphatic rings. The number of carbonyl (C=O) groups is 1. The fourth-order valence-corrected chi connectivity index (χ4v) is 1.84. The summed E-state index contributed by atoms with van der Waals surface area (Å²) in [5, 5.41) is 8.93. The number of amides is 1. The third-order valence-corrected chi connectivity index (χ3v) is 2.70. The first-order chi connectivity index (χ1) is 8.22. The van der Waals surface area contributed by atoms with E-state index in [-0.39, 0.29) is 11.9 Å². The molecule has 2 rings (SSSR count). The molecule has 1 aliphatic heterocycles. The van der Waals surface area contributed by atoms with E-state index in [0.29, 0.717) is 25.6 Å². The highest BCUT2D eigenvalue weighted by atomic mass is 16.5. The Bertz CT molecular complexity index is 411. The number of aliphatic hydroxyl groups excluding tert-OH is 1. The van der Waals surface area contributed by atoms with Crippen molar-refractivity contribution >= 4 is 5.91 Å². The first kappa shape index (κ1) is 11.9. The lowest BCUT2D eigenvalue weighted by Gasteiger charge is -2.34. The van der Waals surface area contributed by atoms with Crippen LogP contribution in [0.5, 0.6) is 0 Å². The SMILES string of the molecule is Cc1ccnc(C2COCCN2C(=O)CO)n1. The number of hydrogen-bond acceptors (Lipinski definition) is 5. The molecule has 1 aromatic rings. The highest BCUT2D eigenvalue weighted by Crippen LogP contribution is 2.21. The van der Waals surface area contributed by atoms with Gasteiger partial charge in [-0.2, -0.15) is 0 Å². The third-order valence-electron chi connectivity index (χ3n) is 2.70. The quantitative estimate of drug-likeness (QED) is 0.762. The molecule has 1 N–H and O–H groups in total. The molecule has 92 valence electrons. The van der Waals surface area contributed by atoms with Gasteiger partial charge in [-0.1, -0.05) is 0 Å². The maximum Gasteiger partial charge on any atom is 0.249 e. The minimum atomic E-state index is -0.498. The van der Waals surface area contributed by atoms with E-state index in [1.807, 2.05) is 6.92 Å². The molecule has 1 aromatic heterocycles. The van der Waals surface area contributed by atoms with Crippen molar-refractivity contribution in [3.63, 3.8) is 0 Å². The van der Waals surface area contributed by atoms with Gasteiger partial charge in [0.05, 0.1) is 13.2 Å². The van der Waals surface area contributed by atoms with E-state index in [1.54, 1.807) is 17.2 Å². The maximum atomic E-state index is 11.6. The lowest BCUT2D eigenvalue weighted by Crippen LogP contribution is -2.45. The van der Waals surface area contributed by atoms with Crippen molar-refractivity contribution < 1.29 is 14.6 Å². The van der Waals surface area contributed by atoms with Gasteiger partial charge in [0, 0.05) is 18.4 Å². The van der Waals surface area contributed by atoms with Crippen molar-refractivity contribution in [1.29, 1.82) is 0 Å². The van der Waals surface area contributed by atoms with Crippen LogP contribution in [0, 0.1) is 6.92 Å². The normalized spacial score (nSPS) is 20.4. The van der Waals surface area contributed by atoms with E-state index in [2.05, 4.69) is 9.97 Å². The highest BCUT2D eigenvalue weighted by molar-refractivity contribution is 5.77. The van der Waals surface area contributed by atoms with E-state index in [1.165, 1.54) is 0 Å². The van der Waals surface area contributed by atoms with E-state index < -0.39 is 6.61 Å². The first-order valence-corrected chi connectivity index (χ1v) is 5.50. The van der Waals surface area contributed by atoms with Crippen molar-refractivity contribution in [2.45, 2.75) is 13.0 Å². The summed E-state index contributed by atoms with van der Waals surface area (Å²) in [5.41, 5.74) is 0.844. The van der Waals surface area contributed by atoms with E-state index >= 15 is 0 Å². The van der Waals surface area contributed by atoms with E-state index in [0.717, 1.165) is 5.69 Å². The molecule has 0 aromatic carbocycles. The van der Waals surface area contributed by atoms with Crippen LogP contribution < -0.4 is 0 Å². The lowest BCUT2D eigenvalue weighted by molar-refractivity contribution is -0.143. The van der Waals surface area contributed by atoms with Crippen LogP contribution in [0.25, 0.3) is 0 Å². The van der Waals surface area contributed by atoms with Gasteiger partial charge < -0.3 is 14.7 Å². The molecule has 2 heterocycles. The molecule has 1 saturated heterocycles. The monoisotopic (exact) mass is 237 g/mol. The predicted octanol–water partition coefficient (Wildman–Crippen LogP) is -0.323. The number of morpholine rings is 1. The molecule has 0 radical (unpaired) electrons. The molecule has 0 aliphatic carbocycles. The van der Waals surface area contributed by atoms with Gasteiger partial charge in [-0.3, -0.25) is 4.79 Å². The Morgan fingerprint density at radius 3 is 3.24 bits per heavy atom. The summed E-state index contributed by atoms with van der Waals surface area (Å²) in [6.07, 6.45) is 1.66. The molecule has 17 heavy (non-hydrogen) atoms. The summed E-state index contributed by atoms with van der Waals surface area (Å²) in [6, 6.07) is 1.49. The number of rotatable bonds is 2. The van der Waals surface area contributed by atoms with Crippen molar-refractivity contribution in [3.05, 3.63) is 23.8 Å². The Labute approximate surface area is 99.2 Å². The van der Waals surface area contributed by atoms with Gasteiger partial charge in [-0.25, -0.2) is 9.97 Å². The zero-order valence-electron chi connectivity index (χ0n) is 9.67. The summed E-state index contributed by atoms with van der Waals surface area (Å²) in [6.45, 7) is 2.68. The summed E-state index contributed by atoms with van der Waals surface area (Å²) in [5.74, 6) is 0.245. The van der Waals surface area contributed by atoms with Gasteiger partial charge in [-0.05, 0) is 13.0 Å². The zero-order chi connectivity index (χ0) is 12.3. The van der Waals surface area contributed by atoms with Crippen LogP contribution in [0.1, 0.15) is 17.6 Å². The number of ether oxygens (including phenoxy) is 1. The van der Waals surface area contributed by atoms with Gasteiger partial charge in [-0.15, -0.1) is 0 Å². The van der Waals surface area contributed by atoms with Gasteiger partial charge in [0.1, 0.15) is 12.6 Å². The number of carbonyl (C=O) groups excluding carboxylic acids is 1. The number of hydrogen-bond donors (Lipinski definition) is 1. The Morgan fingerprint density at radius 1 is 1.71 bits per heavy atom. The molecule has 1 amide bonds. The zero-order valence-corrected chi connectivity index (χ0v) is 9.67. The highest BCUT2D eigenvalue weighted by Gasteiger charge is 2.30. The van der Waals surface area contributed by atoms with Crippen molar-refractivity contribution in [2.24, 2.45) is 0 Å². The van der Waals surface area contributed by atoms with Crippen LogP contribution in [-0.2, 0) is 9.53 Å². The summed E-state index contributed by atoms with van der Waals surface area (Å²) < 4.78 is 5.35. The molecule has 0 spiro atoms. The predicted molar refractivity (Wildman–Crippen MR) is 59.1 cm³/mol. The summed E-state index contributed by atoms with van der Waals surface area (Å²) in [7, 11) is 0. The number of aryl methyl sites for hydroxylation is 1. The number of aliphatic hydroxyl groups is 1. The second-order valence-corrected chi connectivity index (χ2v) is 3.89. The van der Waals surface area contributed by atoms with Gasteiger partial charge in [0.2, 0.25) is 5.91 Å². The second kappa shape index (κ2) is 5.20. The Kier molecular flexibility index (Phi) is 3.65. The smallest absolute Gasteiger partial charge is 0.249 e. The van der Waals surface area contributed by atoms with Gasteiger partial charge in [0.15, 0.2) is 5.82 Å². The first-order valence-electron chi connectivity index (χ1n) is 5.50. The third kappa shape index (κ3) is 2.59. The van der Waals surface area contributed by atoms with Gasteiger partial charge >= 0.3 is 0 Å². The second-order valence-electron chi connectivity index (χ2n) is 3.89. The average molecular weight is 237 g/mol. The molecule has 1 fully saturated rings. The van der Waals surface area contributed by atoms with Crippen molar-refractivity contribution in [1.82, 2.24) is 14.9 Å². The van der Waals surface area contributed by atoms with Crippen LogP contribution in [-0.4, -0.2) is 52.2 Å². The van der Waals surface area contributed by atoms with Crippen LogP contribution >= 0.6 is 0 Å². The number of nitrogens with zero attached hydrogens (tertiary/aromatic N) is 3. The van der Waals surface area contributed by atoms with Crippen LogP contribution in [0.3, 0.4) is 0 Å². The van der Waals surface area contributed by atoms with E-state index in [4.69, 9.17) is 9.84 Å². The van der Waals surface area contributed by atoms with Crippen molar-refractivity contribution in [3.8, 4) is 0 Å². The fourth-order valence-electron chi connectivity index (χ4n) is 1.84. The molecule has 1 atom stereocenters. The van der Waals surface area contributed by atoms with E-state index in [9.17, 15) is 4.79 Å². The van der Waals surface area contributed by atoms with Crippen molar-refractivity contribution in [2.75, 3.05) is 26.4 Å². The molecule has 0 saturated carbocycles. The molecular weight excluding hydrogens is 222 g/mol. The maximum absolute atomic E-state index is 11.6. The summed E-state index contributed by atoms with van der Waals surface area (Å²) >= 11 is 0. The molecule has 6 heteroatoms. The Balaban J connectivity index is 2.24. The number of aromatic nitrogens is 2. The Hall–Kier alpha value is -1.53. The molecular formula is C11H15N3O3. The van der Waals surface area contributed by atoms with Crippen LogP contribution in [0.2, 0.25) is 0 Å². The standard InChI is InChI=1S/C11H15N3O3/c1-8-2-3-12-11(13-8)9-7-17-5-4-14(9)10(16)6-15/h2-3,9,15H,4-7H2,1H3. The topological polar surface area (TPSA) is 75.5 Å². The molecule has 1 unspecified atom stereocenters. The molecule has 0 bridgehead atoms. The summed E-state index contributed by atoms with van der Waals surface area (Å²) in [4.78, 5) is 21.6. The lowest BCUT2D eigenvalue weighted by atomic mass is 10.2. The molecule has 6 nitrogen and oxygen atoms in total.